The number of anilines is 2. The number of H-pyrrole nitrogens is 1. The van der Waals surface area contributed by atoms with Gasteiger partial charge in [-0.1, -0.05) is 19.4 Å². The highest BCUT2D eigenvalue weighted by Gasteiger charge is 2.31. The maximum absolute atomic E-state index is 12.0. The fraction of sp³-hybridized carbons (Fsp3) is 0.435. The lowest BCUT2D eigenvalue weighted by Crippen LogP contribution is -2.36. The van der Waals surface area contributed by atoms with E-state index in [4.69, 9.17) is 5.10 Å². The van der Waals surface area contributed by atoms with Gasteiger partial charge in [0.1, 0.15) is 0 Å². The van der Waals surface area contributed by atoms with Crippen molar-refractivity contribution < 1.29 is 4.79 Å². The van der Waals surface area contributed by atoms with Crippen LogP contribution >= 0.6 is 0 Å². The monoisotopic (exact) mass is 404 g/mol. The summed E-state index contributed by atoms with van der Waals surface area (Å²) in [6.07, 6.45) is 7.00. The first kappa shape index (κ1) is 18.9. The summed E-state index contributed by atoms with van der Waals surface area (Å²) in [6.45, 7) is 6.25. The molecule has 1 N–H and O–H groups in total. The number of nitrogens with one attached hydrogen (secondary N) is 1. The second kappa shape index (κ2) is 7.31. The van der Waals surface area contributed by atoms with Crippen LogP contribution in [0.4, 0.5) is 11.5 Å². The van der Waals surface area contributed by atoms with Gasteiger partial charge in [0.05, 0.1) is 12.7 Å². The first-order valence-electron chi connectivity index (χ1n) is 10.7. The first-order valence-corrected chi connectivity index (χ1v) is 10.7. The van der Waals surface area contributed by atoms with E-state index in [1.807, 2.05) is 22.8 Å². The second-order valence-electron chi connectivity index (χ2n) is 8.53. The molecule has 0 fully saturated rings. The van der Waals surface area contributed by atoms with Gasteiger partial charge >= 0.3 is 0 Å². The number of fused-ring (bicyclic) bond motifs is 2. The Labute approximate surface area is 176 Å². The van der Waals surface area contributed by atoms with E-state index in [-0.39, 0.29) is 5.91 Å². The van der Waals surface area contributed by atoms with Crippen molar-refractivity contribution in [2.45, 2.75) is 39.7 Å². The van der Waals surface area contributed by atoms with E-state index < -0.39 is 0 Å². The minimum Gasteiger partial charge on any atom is -0.338 e. The Kier molecular flexibility index (Phi) is 4.60. The van der Waals surface area contributed by atoms with Crippen LogP contribution in [0.15, 0.2) is 30.6 Å². The number of nitrogens with zero attached hydrogens (tertiary/aromatic N) is 5. The summed E-state index contributed by atoms with van der Waals surface area (Å²) < 4.78 is 1.84. The van der Waals surface area contributed by atoms with Crippen molar-refractivity contribution in [1.82, 2.24) is 24.9 Å². The lowest BCUT2D eigenvalue weighted by Gasteiger charge is -2.36. The van der Waals surface area contributed by atoms with Crippen molar-refractivity contribution in [2.75, 3.05) is 18.0 Å². The molecular weight excluding hydrogens is 376 g/mol. The van der Waals surface area contributed by atoms with Crippen molar-refractivity contribution in [3.63, 3.8) is 0 Å². The predicted molar refractivity (Wildman–Crippen MR) is 117 cm³/mol. The molecule has 2 aliphatic rings. The number of benzene rings is 1. The zero-order chi connectivity index (χ0) is 20.8. The van der Waals surface area contributed by atoms with Crippen molar-refractivity contribution in [3.8, 4) is 11.1 Å². The van der Waals surface area contributed by atoms with Gasteiger partial charge in [-0.25, -0.2) is 0 Å². The third-order valence-corrected chi connectivity index (χ3v) is 6.55. The summed E-state index contributed by atoms with van der Waals surface area (Å²) in [5, 5.41) is 12.3. The highest BCUT2D eigenvalue weighted by molar-refractivity contribution is 5.76. The molecule has 4 heterocycles. The van der Waals surface area contributed by atoms with Crippen molar-refractivity contribution in [1.29, 1.82) is 0 Å². The number of carbonyl (C=O) groups excluding carboxylic acids is 1. The molecule has 0 spiro atoms. The number of hydrogen-bond donors (Lipinski definition) is 1. The zero-order valence-electron chi connectivity index (χ0n) is 17.9. The smallest absolute Gasteiger partial charge is 0.219 e. The molecule has 30 heavy (non-hydrogen) atoms. The standard InChI is InChI=1S/C23H28N6O/c1-4-16-9-18-10-17(19-11-24-27(3)13-19)5-6-22(18)29(12-16)23-20-14-28(15(2)30)8-7-21(20)25-26-23/h5-6,10-11,13,16H,4,7-9,12,14H2,1-3H3,(H,25,26). The minimum atomic E-state index is 0.124. The van der Waals surface area contributed by atoms with E-state index in [9.17, 15) is 4.79 Å². The Morgan fingerprint density at radius 1 is 1.30 bits per heavy atom. The molecule has 3 aromatic rings. The Hall–Kier alpha value is -3.09. The van der Waals surface area contributed by atoms with Crippen LogP contribution in [0.5, 0.6) is 0 Å². The van der Waals surface area contributed by atoms with E-state index in [1.165, 1.54) is 16.8 Å². The molecule has 2 aromatic heterocycles. The van der Waals surface area contributed by atoms with Crippen LogP contribution in [-0.2, 0) is 31.2 Å². The molecule has 2 aliphatic heterocycles. The molecular formula is C23H28N6O. The van der Waals surface area contributed by atoms with Gasteiger partial charge in [0, 0.05) is 62.2 Å². The molecule has 156 valence electrons. The average Bonchev–Trinajstić information content (AvgIpc) is 3.38. The highest BCUT2D eigenvalue weighted by atomic mass is 16.2. The molecule has 0 aliphatic carbocycles. The number of aryl methyl sites for hydroxylation is 1. The number of carbonyl (C=O) groups is 1. The fourth-order valence-electron chi connectivity index (χ4n) is 4.74. The van der Waals surface area contributed by atoms with Crippen LogP contribution in [-0.4, -0.2) is 43.9 Å². The normalized spacial score (nSPS) is 18.3. The fourth-order valence-corrected chi connectivity index (χ4v) is 4.74. The molecule has 7 heteroatoms. The van der Waals surface area contributed by atoms with E-state index in [0.717, 1.165) is 55.0 Å². The molecule has 5 rings (SSSR count). The summed E-state index contributed by atoms with van der Waals surface area (Å²) in [5.41, 5.74) is 7.24. The molecule has 1 unspecified atom stereocenters. The van der Waals surface area contributed by atoms with Crippen molar-refractivity contribution >= 4 is 17.4 Å². The molecule has 0 radical (unpaired) electrons. The molecule has 0 bridgehead atoms. The Morgan fingerprint density at radius 3 is 2.90 bits per heavy atom. The lowest BCUT2D eigenvalue weighted by atomic mass is 9.88. The van der Waals surface area contributed by atoms with Gasteiger partial charge in [0.25, 0.3) is 0 Å². The van der Waals surface area contributed by atoms with E-state index >= 15 is 0 Å². The summed E-state index contributed by atoms with van der Waals surface area (Å²) in [7, 11) is 1.95. The molecule has 0 saturated heterocycles. The number of amides is 1. The zero-order valence-corrected chi connectivity index (χ0v) is 17.9. The van der Waals surface area contributed by atoms with E-state index in [1.54, 1.807) is 6.92 Å². The van der Waals surface area contributed by atoms with Crippen LogP contribution in [0.25, 0.3) is 11.1 Å². The van der Waals surface area contributed by atoms with Gasteiger partial charge in [-0.05, 0) is 35.6 Å². The number of aromatic nitrogens is 4. The lowest BCUT2D eigenvalue weighted by molar-refractivity contribution is -0.129. The number of rotatable bonds is 3. The molecule has 1 atom stereocenters. The largest absolute Gasteiger partial charge is 0.338 e. The van der Waals surface area contributed by atoms with Gasteiger partial charge in [-0.15, -0.1) is 0 Å². The van der Waals surface area contributed by atoms with Crippen LogP contribution in [0.1, 0.15) is 37.1 Å². The summed E-state index contributed by atoms with van der Waals surface area (Å²) in [4.78, 5) is 16.2. The van der Waals surface area contributed by atoms with Gasteiger partial charge in [-0.3, -0.25) is 14.6 Å². The maximum atomic E-state index is 12.0. The van der Waals surface area contributed by atoms with Gasteiger partial charge in [0.15, 0.2) is 5.82 Å². The predicted octanol–water partition coefficient (Wildman–Crippen LogP) is 3.44. The Bertz CT molecular complexity index is 1100. The van der Waals surface area contributed by atoms with Crippen LogP contribution in [0, 0.1) is 5.92 Å². The number of hydrogen-bond acceptors (Lipinski definition) is 4. The average molecular weight is 405 g/mol. The highest BCUT2D eigenvalue weighted by Crippen LogP contribution is 2.40. The Balaban J connectivity index is 1.55. The summed E-state index contributed by atoms with van der Waals surface area (Å²) in [6, 6.07) is 6.70. The summed E-state index contributed by atoms with van der Waals surface area (Å²) in [5.74, 6) is 1.67. The van der Waals surface area contributed by atoms with Gasteiger partial charge in [-0.2, -0.15) is 10.2 Å². The molecule has 1 amide bonds. The van der Waals surface area contributed by atoms with Crippen LogP contribution < -0.4 is 4.90 Å². The third kappa shape index (κ3) is 3.18. The van der Waals surface area contributed by atoms with Crippen molar-refractivity contribution in [2.24, 2.45) is 13.0 Å². The minimum absolute atomic E-state index is 0.124. The van der Waals surface area contributed by atoms with Crippen LogP contribution in [0.3, 0.4) is 0 Å². The second-order valence-corrected chi connectivity index (χ2v) is 8.53. The van der Waals surface area contributed by atoms with E-state index in [2.05, 4.69) is 46.4 Å². The quantitative estimate of drug-likeness (QED) is 0.726. The van der Waals surface area contributed by atoms with Crippen LogP contribution in [0.2, 0.25) is 0 Å². The van der Waals surface area contributed by atoms with Gasteiger partial charge < -0.3 is 9.80 Å². The SMILES string of the molecule is CCC1Cc2cc(-c3cnn(C)c3)ccc2N(c2n[nH]c3c2CN(C(C)=O)CC3)C1. The molecule has 7 nitrogen and oxygen atoms in total. The Morgan fingerprint density at radius 2 is 2.17 bits per heavy atom. The number of aromatic amines is 1. The molecule has 0 saturated carbocycles. The van der Waals surface area contributed by atoms with E-state index in [0.29, 0.717) is 12.5 Å². The van der Waals surface area contributed by atoms with Crippen molar-refractivity contribution in [3.05, 3.63) is 47.4 Å². The molecule has 1 aromatic carbocycles. The summed E-state index contributed by atoms with van der Waals surface area (Å²) >= 11 is 0. The third-order valence-electron chi connectivity index (χ3n) is 6.55. The first-order chi connectivity index (χ1) is 14.5. The van der Waals surface area contributed by atoms with Gasteiger partial charge in [0.2, 0.25) is 5.91 Å². The topological polar surface area (TPSA) is 70.1 Å². The maximum Gasteiger partial charge on any atom is 0.219 e.